The predicted molar refractivity (Wildman–Crippen MR) is 503 cm³/mol. The van der Waals surface area contributed by atoms with Crippen LogP contribution in [0.15, 0.2) is 209 Å². The highest BCUT2D eigenvalue weighted by Gasteiger charge is 2.34. The van der Waals surface area contributed by atoms with Crippen LogP contribution < -0.4 is 61.3 Å². The molecule has 33 nitrogen and oxygen atoms in total. The number of carbonyl (C=O) groups is 5. The molecule has 0 aromatic carbocycles. The van der Waals surface area contributed by atoms with Crippen molar-refractivity contribution in [2.24, 2.45) is 0 Å². The summed E-state index contributed by atoms with van der Waals surface area (Å²) in [5.74, 6) is 7.44. The first kappa shape index (κ1) is 90.9. The van der Waals surface area contributed by atoms with Crippen LogP contribution in [0.25, 0.3) is 0 Å². The number of fused-ring (bicyclic) bond motifs is 12. The van der Waals surface area contributed by atoms with Crippen LogP contribution in [-0.2, 0) is 48.0 Å². The topological polar surface area (TPSA) is 391 Å². The molecule has 18 rings (SSSR count). The van der Waals surface area contributed by atoms with E-state index in [1.165, 1.54) is 0 Å². The van der Waals surface area contributed by atoms with Gasteiger partial charge in [-0.3, -0.25) is 24.0 Å². The Hall–Kier alpha value is -14.8. The number of aromatic nitrogens is 12. The van der Waals surface area contributed by atoms with Crippen molar-refractivity contribution in [1.29, 1.82) is 0 Å². The molecule has 656 valence electrons. The van der Waals surface area contributed by atoms with Crippen LogP contribution in [0.2, 0.25) is 0 Å². The number of anilines is 18. The van der Waals surface area contributed by atoms with Gasteiger partial charge in [0.15, 0.2) is 34.9 Å². The molecule has 0 saturated heterocycles. The van der Waals surface area contributed by atoms with Crippen LogP contribution in [0.4, 0.5) is 104 Å². The van der Waals surface area contributed by atoms with E-state index in [0.29, 0.717) is 179 Å². The van der Waals surface area contributed by atoms with Crippen LogP contribution in [-0.4, -0.2) is 184 Å². The maximum atomic E-state index is 12.5. The molecule has 18 heterocycles. The van der Waals surface area contributed by atoms with Crippen molar-refractivity contribution in [2.45, 2.75) is 80.1 Å². The van der Waals surface area contributed by atoms with Crippen molar-refractivity contribution in [3.8, 4) is 0 Å². The van der Waals surface area contributed by atoms with Crippen molar-refractivity contribution in [3.63, 3.8) is 0 Å². The zero-order chi connectivity index (χ0) is 90.3. The van der Waals surface area contributed by atoms with E-state index in [-0.39, 0.29) is 42.7 Å². The van der Waals surface area contributed by atoms with Crippen molar-refractivity contribution in [3.05, 3.63) is 276 Å². The van der Waals surface area contributed by atoms with Crippen molar-refractivity contribution >= 4 is 151 Å². The van der Waals surface area contributed by atoms with Gasteiger partial charge in [-0.15, -0.1) is 13.2 Å². The smallest absolute Gasteiger partial charge is 0.259 e. The number of methoxy groups -OCH3 is 2. The Morgan fingerprint density at radius 2 is 0.523 bits per heavy atom. The lowest BCUT2D eigenvalue weighted by molar-refractivity contribution is 0.101. The first-order valence-corrected chi connectivity index (χ1v) is 42.4. The lowest BCUT2D eigenvalue weighted by Gasteiger charge is -2.22. The third kappa shape index (κ3) is 20.4. The molecule has 0 fully saturated rings. The number of carbonyl (C=O) groups excluding carboxylic acids is 5. The molecule has 6 aliphatic heterocycles. The number of rotatable bonds is 20. The fraction of sp³-hybridized carbons (Fsp3) is 0.255. The van der Waals surface area contributed by atoms with Crippen LogP contribution in [0.5, 0.6) is 0 Å². The average molecular weight is 1740 g/mol. The summed E-state index contributed by atoms with van der Waals surface area (Å²) >= 11 is 5.56. The summed E-state index contributed by atoms with van der Waals surface area (Å²) < 4.78 is 10.2. The third-order valence-electron chi connectivity index (χ3n) is 20.9. The Labute approximate surface area is 747 Å². The first-order chi connectivity index (χ1) is 62.4. The van der Waals surface area contributed by atoms with Gasteiger partial charge in [0.25, 0.3) is 29.5 Å². The number of amides is 5. The summed E-state index contributed by atoms with van der Waals surface area (Å²) in [6, 6.07) is 33.3. The largest absolute Gasteiger partial charge is 0.396 e. The molecule has 0 aliphatic carbocycles. The van der Waals surface area contributed by atoms with E-state index in [0.717, 1.165) is 87.3 Å². The lowest BCUT2D eigenvalue weighted by atomic mass is 10.1. The second-order valence-electron chi connectivity index (χ2n) is 29.1. The Morgan fingerprint density at radius 3 is 0.750 bits per heavy atom. The Balaban J connectivity index is 0.000000131. The van der Waals surface area contributed by atoms with E-state index in [1.807, 2.05) is 126 Å². The fourth-order valence-corrected chi connectivity index (χ4v) is 15.2. The van der Waals surface area contributed by atoms with E-state index in [4.69, 9.17) is 31.9 Å². The normalized spacial score (nSPS) is 13.1. The van der Waals surface area contributed by atoms with E-state index >= 15 is 0 Å². The monoisotopic (exact) mass is 1740 g/mol. The van der Waals surface area contributed by atoms with Crippen LogP contribution >= 0.6 is 12.2 Å². The second kappa shape index (κ2) is 43.2. The lowest BCUT2D eigenvalue weighted by Crippen LogP contribution is -2.20. The first-order valence-electron chi connectivity index (χ1n) is 42.0. The van der Waals surface area contributed by atoms with E-state index < -0.39 is 0 Å². The quantitative estimate of drug-likeness (QED) is 0.0259. The van der Waals surface area contributed by atoms with Crippen LogP contribution in [0, 0.1) is 0 Å². The maximum absolute atomic E-state index is 12.5. The summed E-state index contributed by atoms with van der Waals surface area (Å²) in [5, 5.41) is 35.8. The Morgan fingerprint density at radius 1 is 0.312 bits per heavy atom. The number of nitrogens with zero attached hydrogens (tertiary/aromatic N) is 18. The number of nitrogens with one attached hydrogen (secondary N) is 6. The van der Waals surface area contributed by atoms with Gasteiger partial charge in [0.05, 0.1) is 80.7 Å². The van der Waals surface area contributed by atoms with Gasteiger partial charge in [-0.1, -0.05) is 24.4 Å². The van der Waals surface area contributed by atoms with Gasteiger partial charge in [0, 0.05) is 141 Å². The van der Waals surface area contributed by atoms with Crippen LogP contribution in [0.1, 0.15) is 132 Å². The molecule has 12 aromatic heterocycles. The molecule has 0 atom stereocenters. The highest BCUT2D eigenvalue weighted by Crippen LogP contribution is 2.42. The molecular formula is C94H100N24O9S. The van der Waals surface area contributed by atoms with Crippen molar-refractivity contribution < 1.29 is 43.7 Å². The Kier molecular flexibility index (Phi) is 30.7. The number of thiocarbonyl (C=S) groups is 1. The molecule has 128 heavy (non-hydrogen) atoms. The Bertz CT molecular complexity index is 5720. The number of allylic oxidation sites excluding steroid dienone is 2. The minimum Gasteiger partial charge on any atom is -0.396 e. The zero-order valence-corrected chi connectivity index (χ0v) is 73.2. The molecule has 0 saturated carbocycles. The van der Waals surface area contributed by atoms with Gasteiger partial charge in [-0.05, 0) is 223 Å². The van der Waals surface area contributed by atoms with Gasteiger partial charge in [-0.25, -0.2) is 59.8 Å². The van der Waals surface area contributed by atoms with E-state index in [9.17, 15) is 24.0 Å². The summed E-state index contributed by atoms with van der Waals surface area (Å²) in [7, 11) is 3.36. The number of pyridine rings is 12. The maximum Gasteiger partial charge on any atom is 0.259 e. The average Bonchev–Trinajstić information content (AvgIpc) is 1.65. The molecule has 12 aromatic rings. The highest BCUT2D eigenvalue weighted by atomic mass is 32.1. The number of aliphatic hydroxyl groups is 2. The van der Waals surface area contributed by atoms with E-state index in [1.54, 1.807) is 137 Å². The molecule has 0 spiro atoms. The molecule has 34 heteroatoms. The molecule has 0 radical (unpaired) electrons. The highest BCUT2D eigenvalue weighted by molar-refractivity contribution is 7.81. The van der Waals surface area contributed by atoms with Crippen molar-refractivity contribution in [2.75, 3.05) is 141 Å². The summed E-state index contributed by atoms with van der Waals surface area (Å²) in [6.07, 6.45) is 28.4. The molecule has 0 unspecified atom stereocenters. The molecule has 8 N–H and O–H groups in total. The number of hydrogen-bond donors (Lipinski definition) is 8. The van der Waals surface area contributed by atoms with Gasteiger partial charge in [0.1, 0.15) is 39.9 Å². The van der Waals surface area contributed by atoms with E-state index in [2.05, 4.69) is 123 Å². The SMILES string of the molecule is C=CCc1cnc2c(c1)C(=O)Nc1cccnc1N2CC.C=CCc1cnc2c(c1)C(=O)Nc1cccnc1N2CC.CCN1c2ncccc2NC(=O)c2cc(CCO)cnc21.CCN1c2ncccc2NC(=O)c2cc(CCO)cnc21.CCN1c2ncccc2NC(=O)c2cc(CCOC)cnc21.CCN1c2ncccc2NC(=S)c2cc(CCOC)cnc21. The number of aliphatic hydroxyl groups excluding tert-OH is 2. The molecule has 0 bridgehead atoms. The van der Waals surface area contributed by atoms with Crippen molar-refractivity contribution in [1.82, 2.24) is 59.8 Å². The predicted octanol–water partition coefficient (Wildman–Crippen LogP) is 14.6. The van der Waals surface area contributed by atoms with Crippen LogP contribution in [0.3, 0.4) is 0 Å². The molecule has 5 amide bonds. The zero-order valence-electron chi connectivity index (χ0n) is 72.4. The standard InChI is InChI=1S/C16H18N4O2.C16H18N4OS.2C16H16N4O.2C15H16N4O2/c1-3-20-14-12(9-11(10-18-14)6-8-22-2)16(21)19-13-5-4-7-17-15(13)20;1-3-20-14-12(9-11(10-18-14)6-8-21-2)16(22)19-13-5-4-7-17-15(13)20;2*1-3-6-11-9-12-14(18-10-11)20(4-2)15-13(19-16(12)21)7-5-8-17-15;2*1-2-19-13-11(8-10(5-7-20)9-17-13)15(21)18-12-4-3-6-16-14(12)19/h4-5,7,9-10H,3,6,8H2,1-2H3,(H,19,21);4-5,7,9-10H,3,6,8H2,1-2H3,(H,19,22);2*3,5,7-10H,1,4,6H2,2H3,(H,19,21);2*3-4,6,8-9,20H,2,5,7H2,1H3,(H,18,21). The minimum atomic E-state index is -0.206. The minimum absolute atomic E-state index is 0.0291. The number of ether oxygens (including phenoxy) is 2. The molecular weight excluding hydrogens is 1640 g/mol. The van der Waals surface area contributed by atoms with Gasteiger partial charge < -0.3 is 81.0 Å². The van der Waals surface area contributed by atoms with Gasteiger partial charge >= 0.3 is 0 Å². The van der Waals surface area contributed by atoms with Gasteiger partial charge in [0.2, 0.25) is 0 Å². The fourth-order valence-electron chi connectivity index (χ4n) is 14.9. The summed E-state index contributed by atoms with van der Waals surface area (Å²) in [6.45, 7) is 25.0. The second-order valence-corrected chi connectivity index (χ2v) is 29.6. The van der Waals surface area contributed by atoms with Gasteiger partial charge in [-0.2, -0.15) is 0 Å². The summed E-state index contributed by atoms with van der Waals surface area (Å²) in [5.41, 5.74) is 13.7. The summed E-state index contributed by atoms with van der Waals surface area (Å²) in [4.78, 5) is 128. The number of hydrogen-bond acceptors (Lipinski definition) is 28. The third-order valence-corrected chi connectivity index (χ3v) is 21.3. The molecule has 6 aliphatic rings.